The van der Waals surface area contributed by atoms with Crippen LogP contribution in [0, 0.1) is 0 Å². The molecule has 86 valence electrons. The van der Waals surface area contributed by atoms with E-state index in [0.717, 1.165) is 13.1 Å². The van der Waals surface area contributed by atoms with Crippen LogP contribution in [0.25, 0.3) is 0 Å². The minimum absolute atomic E-state index is 0.230. The van der Waals surface area contributed by atoms with Gasteiger partial charge < -0.3 is 4.74 Å². The van der Waals surface area contributed by atoms with E-state index in [9.17, 15) is 4.79 Å². The number of hydrogen-bond donors (Lipinski definition) is 0. The molecule has 0 amide bonds. The Morgan fingerprint density at radius 2 is 2.20 bits per heavy atom. The molecule has 0 atom stereocenters. The second-order valence-electron chi connectivity index (χ2n) is 4.74. The molecule has 0 radical (unpaired) electrons. The van der Waals surface area contributed by atoms with E-state index < -0.39 is 0 Å². The molecule has 0 bridgehead atoms. The number of hydrogen-bond acceptors (Lipinski definition) is 3. The Kier molecular flexibility index (Phi) is 3.91. The van der Waals surface area contributed by atoms with Gasteiger partial charge in [0.1, 0.15) is 0 Å². The lowest BCUT2D eigenvalue weighted by Crippen LogP contribution is -2.38. The topological polar surface area (TPSA) is 29.5 Å². The van der Waals surface area contributed by atoms with Crippen LogP contribution in [-0.2, 0) is 9.53 Å². The van der Waals surface area contributed by atoms with E-state index in [1.165, 1.54) is 20.0 Å². The predicted octanol–water partition coefficient (Wildman–Crippen LogP) is 1.98. The van der Waals surface area contributed by atoms with E-state index in [-0.39, 0.29) is 11.5 Å². The maximum Gasteiger partial charge on any atom is 0.333 e. The normalized spacial score (nSPS) is 21.7. The first-order valence-electron chi connectivity index (χ1n) is 5.47. The highest BCUT2D eigenvalue weighted by molar-refractivity contribution is 5.87. The molecular formula is C12H21NO2. The van der Waals surface area contributed by atoms with Gasteiger partial charge in [0.2, 0.25) is 0 Å². The number of methoxy groups -OCH3 is 1. The summed E-state index contributed by atoms with van der Waals surface area (Å²) in [5.74, 6) is -0.230. The Hall–Kier alpha value is -0.830. The smallest absolute Gasteiger partial charge is 0.333 e. The van der Waals surface area contributed by atoms with Crippen molar-refractivity contribution in [2.75, 3.05) is 20.2 Å². The number of likely N-dealkylation sites (tertiary alicyclic amines) is 1. The summed E-state index contributed by atoms with van der Waals surface area (Å²) in [7, 11) is 1.42. The van der Waals surface area contributed by atoms with E-state index >= 15 is 0 Å². The van der Waals surface area contributed by atoms with Gasteiger partial charge in [-0.15, -0.1) is 0 Å². The zero-order valence-electron chi connectivity index (χ0n) is 10.2. The van der Waals surface area contributed by atoms with Crippen LogP contribution in [0.1, 0.15) is 33.6 Å². The van der Waals surface area contributed by atoms with Crippen molar-refractivity contribution in [3.63, 3.8) is 0 Å². The van der Waals surface area contributed by atoms with E-state index in [0.29, 0.717) is 5.57 Å². The first-order valence-corrected chi connectivity index (χ1v) is 5.47. The molecule has 1 heterocycles. The van der Waals surface area contributed by atoms with Crippen LogP contribution in [0.5, 0.6) is 0 Å². The molecule has 1 rings (SSSR count). The fraction of sp³-hybridized carbons (Fsp3) is 0.750. The number of carbonyl (C=O) groups is 1. The first-order chi connectivity index (χ1) is 6.97. The molecule has 0 spiro atoms. The summed E-state index contributed by atoms with van der Waals surface area (Å²) in [5, 5.41) is 0. The Balaban J connectivity index is 2.52. The molecule has 3 nitrogen and oxygen atoms in total. The molecule has 0 N–H and O–H groups in total. The average Bonchev–Trinajstić information content (AvgIpc) is 2.53. The molecule has 3 heteroatoms. The van der Waals surface area contributed by atoms with Gasteiger partial charge in [0.05, 0.1) is 7.11 Å². The van der Waals surface area contributed by atoms with Crippen LogP contribution in [-0.4, -0.2) is 36.6 Å². The van der Waals surface area contributed by atoms with Crippen molar-refractivity contribution in [2.45, 2.75) is 39.2 Å². The van der Waals surface area contributed by atoms with Crippen molar-refractivity contribution in [3.8, 4) is 0 Å². The van der Waals surface area contributed by atoms with Gasteiger partial charge in [-0.1, -0.05) is 6.08 Å². The minimum atomic E-state index is -0.230. The highest BCUT2D eigenvalue weighted by Crippen LogP contribution is 2.27. The number of nitrogens with zero attached hydrogens (tertiary/aromatic N) is 1. The zero-order chi connectivity index (χ0) is 11.5. The van der Waals surface area contributed by atoms with E-state index in [4.69, 9.17) is 0 Å². The van der Waals surface area contributed by atoms with E-state index in [1.807, 2.05) is 6.08 Å². The van der Waals surface area contributed by atoms with Crippen molar-refractivity contribution in [1.29, 1.82) is 0 Å². The SMILES string of the molecule is COC(=O)C(C)=CCN1CCCC1(C)C. The highest BCUT2D eigenvalue weighted by Gasteiger charge is 2.30. The summed E-state index contributed by atoms with van der Waals surface area (Å²) in [5.41, 5.74) is 0.965. The largest absolute Gasteiger partial charge is 0.466 e. The summed E-state index contributed by atoms with van der Waals surface area (Å²) in [6, 6.07) is 0. The Bertz CT molecular complexity index is 269. The second-order valence-corrected chi connectivity index (χ2v) is 4.74. The van der Waals surface area contributed by atoms with Gasteiger partial charge in [0, 0.05) is 17.7 Å². The van der Waals surface area contributed by atoms with Crippen LogP contribution in [0.15, 0.2) is 11.6 Å². The van der Waals surface area contributed by atoms with Gasteiger partial charge >= 0.3 is 5.97 Å². The molecule has 1 fully saturated rings. The molecule has 0 aromatic rings. The Morgan fingerprint density at radius 1 is 1.53 bits per heavy atom. The molecule has 0 saturated carbocycles. The summed E-state index contributed by atoms with van der Waals surface area (Å²) in [6.07, 6.45) is 4.44. The van der Waals surface area contributed by atoms with Gasteiger partial charge in [-0.25, -0.2) is 4.79 Å². The second kappa shape index (κ2) is 4.79. The summed E-state index contributed by atoms with van der Waals surface area (Å²) >= 11 is 0. The third-order valence-electron chi connectivity index (χ3n) is 3.20. The first kappa shape index (κ1) is 12.2. The third-order valence-corrected chi connectivity index (χ3v) is 3.20. The minimum Gasteiger partial charge on any atom is -0.466 e. The molecular weight excluding hydrogens is 190 g/mol. The van der Waals surface area contributed by atoms with Crippen LogP contribution in [0.4, 0.5) is 0 Å². The van der Waals surface area contributed by atoms with Gasteiger partial charge in [-0.3, -0.25) is 4.90 Å². The van der Waals surface area contributed by atoms with E-state index in [1.54, 1.807) is 6.92 Å². The van der Waals surface area contributed by atoms with Crippen LogP contribution in [0.3, 0.4) is 0 Å². The number of ether oxygens (including phenoxy) is 1. The zero-order valence-corrected chi connectivity index (χ0v) is 10.2. The van der Waals surface area contributed by atoms with E-state index in [2.05, 4.69) is 23.5 Å². The third kappa shape index (κ3) is 3.06. The molecule has 1 aliphatic heterocycles. The maximum atomic E-state index is 11.2. The molecule has 0 unspecified atom stereocenters. The van der Waals surface area contributed by atoms with Crippen molar-refractivity contribution in [2.24, 2.45) is 0 Å². The standard InChI is InChI=1S/C12H21NO2/c1-10(11(14)15-4)6-9-13-8-5-7-12(13,2)3/h6H,5,7-9H2,1-4H3. The predicted molar refractivity (Wildman–Crippen MR) is 60.7 cm³/mol. The molecule has 15 heavy (non-hydrogen) atoms. The molecule has 0 aliphatic carbocycles. The Labute approximate surface area is 92.1 Å². The molecule has 0 aromatic heterocycles. The van der Waals surface area contributed by atoms with Gasteiger partial charge in [0.15, 0.2) is 0 Å². The number of rotatable bonds is 3. The highest BCUT2D eigenvalue weighted by atomic mass is 16.5. The fourth-order valence-corrected chi connectivity index (χ4v) is 1.99. The lowest BCUT2D eigenvalue weighted by atomic mass is 10.0. The van der Waals surface area contributed by atoms with Crippen molar-refractivity contribution < 1.29 is 9.53 Å². The molecule has 0 aromatic carbocycles. The number of carbonyl (C=O) groups excluding carboxylic acids is 1. The maximum absolute atomic E-state index is 11.2. The van der Waals surface area contributed by atoms with Crippen molar-refractivity contribution >= 4 is 5.97 Å². The molecule has 1 aliphatic rings. The summed E-state index contributed by atoms with van der Waals surface area (Å²) < 4.78 is 4.65. The van der Waals surface area contributed by atoms with Crippen LogP contribution < -0.4 is 0 Å². The lowest BCUT2D eigenvalue weighted by molar-refractivity contribution is -0.136. The summed E-state index contributed by atoms with van der Waals surface area (Å²) in [6.45, 7) is 8.27. The quantitative estimate of drug-likeness (QED) is 0.528. The van der Waals surface area contributed by atoms with Gasteiger partial charge in [0.25, 0.3) is 0 Å². The van der Waals surface area contributed by atoms with Crippen LogP contribution in [0.2, 0.25) is 0 Å². The van der Waals surface area contributed by atoms with Crippen LogP contribution >= 0.6 is 0 Å². The number of esters is 1. The molecule has 1 saturated heterocycles. The van der Waals surface area contributed by atoms with Crippen molar-refractivity contribution in [3.05, 3.63) is 11.6 Å². The Morgan fingerprint density at radius 3 is 2.67 bits per heavy atom. The fourth-order valence-electron chi connectivity index (χ4n) is 1.99. The van der Waals surface area contributed by atoms with Gasteiger partial charge in [-0.05, 0) is 40.2 Å². The lowest BCUT2D eigenvalue weighted by Gasteiger charge is -2.30. The monoisotopic (exact) mass is 211 g/mol. The average molecular weight is 211 g/mol. The summed E-state index contributed by atoms with van der Waals surface area (Å²) in [4.78, 5) is 13.6. The van der Waals surface area contributed by atoms with Gasteiger partial charge in [-0.2, -0.15) is 0 Å². The van der Waals surface area contributed by atoms with Crippen molar-refractivity contribution in [1.82, 2.24) is 4.90 Å².